The van der Waals surface area contributed by atoms with E-state index in [1.54, 1.807) is 16.6 Å². The van der Waals surface area contributed by atoms with Crippen molar-refractivity contribution in [2.75, 3.05) is 19.7 Å². The predicted molar refractivity (Wildman–Crippen MR) is 119 cm³/mol. The van der Waals surface area contributed by atoms with Gasteiger partial charge in [0.05, 0.1) is 35.7 Å². The zero-order valence-electron chi connectivity index (χ0n) is 19.2. The first-order chi connectivity index (χ1) is 15.9. The van der Waals surface area contributed by atoms with Gasteiger partial charge in [-0.05, 0) is 57.6 Å². The normalized spacial score (nSPS) is 20.6. The molecule has 1 amide bonds. The van der Waals surface area contributed by atoms with Gasteiger partial charge in [-0.15, -0.1) is 5.10 Å². The molecular formula is C23H31N5O5. The number of aryl methyl sites for hydroxylation is 2. The van der Waals surface area contributed by atoms with E-state index in [2.05, 4.69) is 15.3 Å². The summed E-state index contributed by atoms with van der Waals surface area (Å²) in [4.78, 5) is 29.8. The number of carboxylic acid groups (broad SMARTS) is 1. The average molecular weight is 458 g/mol. The van der Waals surface area contributed by atoms with Gasteiger partial charge in [0.25, 0.3) is 0 Å². The molecule has 33 heavy (non-hydrogen) atoms. The number of hydrogen-bond acceptors (Lipinski definition) is 7. The van der Waals surface area contributed by atoms with Crippen molar-refractivity contribution in [3.05, 3.63) is 23.5 Å². The lowest BCUT2D eigenvalue weighted by atomic mass is 9.87. The third-order valence-corrected chi connectivity index (χ3v) is 6.42. The van der Waals surface area contributed by atoms with Gasteiger partial charge in [0, 0.05) is 26.6 Å². The number of carboxylic acids is 1. The molecule has 2 aliphatic rings. The third-order valence-electron chi connectivity index (χ3n) is 6.42. The Hall–Kier alpha value is -3.17. The van der Waals surface area contributed by atoms with Crippen molar-refractivity contribution in [2.45, 2.75) is 58.0 Å². The second kappa shape index (κ2) is 10.2. The molecule has 1 saturated heterocycles. The molecule has 2 fully saturated rings. The monoisotopic (exact) mass is 457 g/mol. The summed E-state index contributed by atoms with van der Waals surface area (Å²) in [5, 5.41) is 17.7. The molecule has 1 saturated carbocycles. The van der Waals surface area contributed by atoms with E-state index in [9.17, 15) is 14.7 Å². The summed E-state index contributed by atoms with van der Waals surface area (Å²) in [6.45, 7) is 3.62. The minimum atomic E-state index is -0.755. The number of aliphatic carboxylic acids is 1. The van der Waals surface area contributed by atoms with Crippen LogP contribution < -0.4 is 4.74 Å². The molecule has 0 unspecified atom stereocenters. The average Bonchev–Trinajstić information content (AvgIpc) is 3.46. The van der Waals surface area contributed by atoms with Crippen LogP contribution in [0.25, 0.3) is 11.4 Å². The number of hydrogen-bond donors (Lipinski definition) is 1. The van der Waals surface area contributed by atoms with Crippen molar-refractivity contribution in [2.24, 2.45) is 13.0 Å². The Labute approximate surface area is 192 Å². The number of rotatable bonds is 7. The minimum Gasteiger partial charge on any atom is -0.489 e. The van der Waals surface area contributed by atoms with Crippen LogP contribution in [0.3, 0.4) is 0 Å². The summed E-state index contributed by atoms with van der Waals surface area (Å²) in [5.74, 6) is -0.451. The summed E-state index contributed by atoms with van der Waals surface area (Å²) < 4.78 is 13.2. The number of pyridine rings is 1. The van der Waals surface area contributed by atoms with Crippen LogP contribution in [-0.2, 0) is 23.0 Å². The highest BCUT2D eigenvalue weighted by Crippen LogP contribution is 2.30. The van der Waals surface area contributed by atoms with Gasteiger partial charge in [-0.25, -0.2) is 9.78 Å². The van der Waals surface area contributed by atoms with Gasteiger partial charge in [-0.2, -0.15) is 0 Å². The van der Waals surface area contributed by atoms with Crippen LogP contribution in [-0.4, -0.2) is 67.8 Å². The van der Waals surface area contributed by atoms with Gasteiger partial charge in [-0.1, -0.05) is 5.21 Å². The topological polar surface area (TPSA) is 120 Å². The van der Waals surface area contributed by atoms with E-state index in [-0.39, 0.29) is 24.7 Å². The van der Waals surface area contributed by atoms with E-state index in [0.29, 0.717) is 42.1 Å². The smallest absolute Gasteiger partial charge is 0.409 e. The van der Waals surface area contributed by atoms with Crippen LogP contribution in [0.2, 0.25) is 0 Å². The van der Waals surface area contributed by atoms with Crippen LogP contribution in [0.4, 0.5) is 4.79 Å². The van der Waals surface area contributed by atoms with Gasteiger partial charge < -0.3 is 19.5 Å². The Balaban J connectivity index is 1.40. The zero-order valence-corrected chi connectivity index (χ0v) is 19.2. The van der Waals surface area contributed by atoms with E-state index in [0.717, 1.165) is 44.5 Å². The van der Waals surface area contributed by atoms with E-state index < -0.39 is 5.97 Å². The largest absolute Gasteiger partial charge is 0.489 e. The third kappa shape index (κ3) is 5.43. The Morgan fingerprint density at radius 3 is 2.70 bits per heavy atom. The summed E-state index contributed by atoms with van der Waals surface area (Å²) in [6.07, 6.45) is 5.04. The Bertz CT molecular complexity index is 1000. The maximum atomic E-state index is 12.1. The van der Waals surface area contributed by atoms with Crippen molar-refractivity contribution in [3.8, 4) is 17.1 Å². The molecule has 2 atom stereocenters. The first-order valence-electron chi connectivity index (χ1n) is 11.6. The molecule has 0 spiro atoms. The molecule has 178 valence electrons. The summed E-state index contributed by atoms with van der Waals surface area (Å²) in [7, 11) is 1.81. The Morgan fingerprint density at radius 1 is 1.18 bits per heavy atom. The first-order valence-corrected chi connectivity index (χ1v) is 11.6. The van der Waals surface area contributed by atoms with Crippen molar-refractivity contribution in [1.29, 1.82) is 0 Å². The van der Waals surface area contributed by atoms with E-state index in [1.807, 2.05) is 19.1 Å². The van der Waals surface area contributed by atoms with Gasteiger partial charge in [0.1, 0.15) is 11.4 Å². The number of ether oxygens (including phenoxy) is 2. The quantitative estimate of drug-likeness (QED) is 0.674. The fraction of sp³-hybridized carbons (Fsp3) is 0.609. The maximum Gasteiger partial charge on any atom is 0.409 e. The molecule has 4 rings (SSSR count). The van der Waals surface area contributed by atoms with Gasteiger partial charge >= 0.3 is 12.1 Å². The Kier molecular flexibility index (Phi) is 7.10. The van der Waals surface area contributed by atoms with Crippen LogP contribution >= 0.6 is 0 Å². The summed E-state index contributed by atoms with van der Waals surface area (Å²) >= 11 is 0. The molecule has 0 bridgehead atoms. The van der Waals surface area contributed by atoms with Crippen LogP contribution in [0.5, 0.6) is 5.75 Å². The number of nitrogens with zero attached hydrogens (tertiary/aromatic N) is 5. The number of carbonyl (C=O) groups excluding carboxylic acids is 1. The minimum absolute atomic E-state index is 0.122. The Morgan fingerprint density at radius 2 is 1.97 bits per heavy atom. The van der Waals surface area contributed by atoms with Crippen molar-refractivity contribution < 1.29 is 24.2 Å². The SMILES string of the molecule is Cc1nc(-c2nnn(C)c2CCOC(=O)N2CCCC2)ccc1O[C@H]1CCC[C@H](C(=O)O)C1. The lowest BCUT2D eigenvalue weighted by Gasteiger charge is -2.27. The predicted octanol–water partition coefficient (Wildman–Crippen LogP) is 2.98. The number of amides is 1. The molecule has 1 aliphatic heterocycles. The highest BCUT2D eigenvalue weighted by atomic mass is 16.6. The zero-order chi connectivity index (χ0) is 23.4. The summed E-state index contributed by atoms with van der Waals surface area (Å²) in [6, 6.07) is 3.69. The van der Waals surface area contributed by atoms with Gasteiger partial charge in [-0.3, -0.25) is 9.48 Å². The van der Waals surface area contributed by atoms with E-state index in [1.165, 1.54) is 0 Å². The number of likely N-dealkylation sites (tertiary alicyclic amines) is 1. The van der Waals surface area contributed by atoms with E-state index >= 15 is 0 Å². The van der Waals surface area contributed by atoms with Gasteiger partial charge in [0.15, 0.2) is 0 Å². The van der Waals surface area contributed by atoms with Gasteiger partial charge in [0.2, 0.25) is 0 Å². The molecule has 0 radical (unpaired) electrons. The molecule has 10 heteroatoms. The van der Waals surface area contributed by atoms with Crippen LogP contribution in [0.15, 0.2) is 12.1 Å². The number of carbonyl (C=O) groups is 2. The second-order valence-corrected chi connectivity index (χ2v) is 8.79. The molecule has 0 aromatic carbocycles. The maximum absolute atomic E-state index is 12.1. The molecular weight excluding hydrogens is 426 g/mol. The molecule has 3 heterocycles. The van der Waals surface area contributed by atoms with Crippen molar-refractivity contribution in [1.82, 2.24) is 24.9 Å². The van der Waals surface area contributed by atoms with E-state index in [4.69, 9.17) is 9.47 Å². The van der Waals surface area contributed by atoms with Crippen molar-refractivity contribution >= 4 is 12.1 Å². The first kappa shape index (κ1) is 23.0. The fourth-order valence-electron chi connectivity index (χ4n) is 4.54. The van der Waals surface area contributed by atoms with Crippen LogP contribution in [0, 0.1) is 12.8 Å². The van der Waals surface area contributed by atoms with Crippen LogP contribution in [0.1, 0.15) is 49.9 Å². The molecule has 1 N–H and O–H groups in total. The molecule has 1 aliphatic carbocycles. The van der Waals surface area contributed by atoms with Crippen molar-refractivity contribution in [3.63, 3.8) is 0 Å². The standard InChI is InChI=1S/C23H31N5O5/c1-15-20(33-17-7-5-6-16(14-17)22(29)30)9-8-18(24-15)21-19(27(2)26-25-21)10-13-32-23(31)28-11-3-4-12-28/h8-9,16-17H,3-7,10-14H2,1-2H3,(H,29,30)/t16-,17-/m0/s1. The highest BCUT2D eigenvalue weighted by molar-refractivity contribution is 5.70. The number of aromatic nitrogens is 4. The summed E-state index contributed by atoms with van der Waals surface area (Å²) in [5.41, 5.74) is 2.86. The fourth-order valence-corrected chi connectivity index (χ4v) is 4.54. The second-order valence-electron chi connectivity index (χ2n) is 8.79. The molecule has 2 aromatic heterocycles. The highest BCUT2D eigenvalue weighted by Gasteiger charge is 2.28. The molecule has 10 nitrogen and oxygen atoms in total. The lowest BCUT2D eigenvalue weighted by molar-refractivity contribution is -0.143. The molecule has 2 aromatic rings. The lowest BCUT2D eigenvalue weighted by Crippen LogP contribution is -2.29.